The second-order valence-corrected chi connectivity index (χ2v) is 5.73. The fourth-order valence-corrected chi connectivity index (χ4v) is 3.43. The summed E-state index contributed by atoms with van der Waals surface area (Å²) in [7, 11) is 0. The van der Waals surface area contributed by atoms with E-state index in [0.29, 0.717) is 0 Å². The van der Waals surface area contributed by atoms with Crippen LogP contribution >= 0.6 is 0 Å². The highest BCUT2D eigenvalue weighted by Crippen LogP contribution is 2.38. The van der Waals surface area contributed by atoms with Gasteiger partial charge in [0.1, 0.15) is 0 Å². The van der Waals surface area contributed by atoms with Gasteiger partial charge in [-0.25, -0.2) is 0 Å². The zero-order valence-electron chi connectivity index (χ0n) is 10.8. The van der Waals surface area contributed by atoms with Crippen LogP contribution in [0.4, 0.5) is 0 Å². The summed E-state index contributed by atoms with van der Waals surface area (Å²) in [5.74, 6) is 0. The van der Waals surface area contributed by atoms with Crippen LogP contribution in [0.1, 0.15) is 30.4 Å². The number of allylic oxidation sites excluding steroid dienone is 1. The Kier molecular flexibility index (Phi) is 3.23. The fraction of sp³-hybridized carbons (Fsp3) is 0.500. The number of benzene rings is 1. The molecule has 1 aromatic carbocycles. The van der Waals surface area contributed by atoms with Crippen molar-refractivity contribution in [3.63, 3.8) is 0 Å². The van der Waals surface area contributed by atoms with Gasteiger partial charge in [0.25, 0.3) is 0 Å². The van der Waals surface area contributed by atoms with Crippen LogP contribution in [0, 0.1) is 5.41 Å². The molecule has 0 radical (unpaired) electrons. The van der Waals surface area contributed by atoms with E-state index in [1.807, 2.05) is 0 Å². The van der Waals surface area contributed by atoms with Crippen LogP contribution in [0.25, 0.3) is 0 Å². The molecule has 1 N–H and O–H groups in total. The first-order valence-corrected chi connectivity index (χ1v) is 6.89. The number of aliphatic hydroxyl groups is 1. The molecule has 1 aliphatic carbocycles. The van der Waals surface area contributed by atoms with E-state index in [9.17, 15) is 5.11 Å². The summed E-state index contributed by atoms with van der Waals surface area (Å²) < 4.78 is 0. The van der Waals surface area contributed by atoms with Crippen molar-refractivity contribution in [3.8, 4) is 0 Å². The van der Waals surface area contributed by atoms with Gasteiger partial charge in [0.15, 0.2) is 0 Å². The van der Waals surface area contributed by atoms with Crippen molar-refractivity contribution in [1.29, 1.82) is 0 Å². The fourth-order valence-electron chi connectivity index (χ4n) is 3.43. The van der Waals surface area contributed by atoms with Crippen molar-refractivity contribution in [2.75, 3.05) is 13.3 Å². The second kappa shape index (κ2) is 4.87. The number of hydrogen-bond acceptors (Lipinski definition) is 2. The van der Waals surface area contributed by atoms with Gasteiger partial charge >= 0.3 is 0 Å². The van der Waals surface area contributed by atoms with Crippen LogP contribution in [0.15, 0.2) is 36.4 Å². The van der Waals surface area contributed by atoms with Gasteiger partial charge in [-0.05, 0) is 36.8 Å². The predicted octanol–water partition coefficient (Wildman–Crippen LogP) is 2.72. The molecule has 96 valence electrons. The number of fused-ring (bicyclic) bond motifs is 1. The van der Waals surface area contributed by atoms with Crippen LogP contribution in [0.5, 0.6) is 0 Å². The predicted molar refractivity (Wildman–Crippen MR) is 73.1 cm³/mol. The molecule has 0 fully saturated rings. The maximum Gasteiger partial charge on any atom is 0.0959 e. The monoisotopic (exact) mass is 243 g/mol. The Hall–Kier alpha value is -1.12. The van der Waals surface area contributed by atoms with E-state index in [2.05, 4.69) is 41.3 Å². The van der Waals surface area contributed by atoms with E-state index in [0.717, 1.165) is 19.5 Å². The Morgan fingerprint density at radius 2 is 2.06 bits per heavy atom. The SMILES string of the molecule is OCN1Cc2ccccc2CC2(C=CCCC2)C1. The van der Waals surface area contributed by atoms with Crippen LogP contribution in [-0.2, 0) is 13.0 Å². The van der Waals surface area contributed by atoms with E-state index in [4.69, 9.17) is 0 Å². The summed E-state index contributed by atoms with van der Waals surface area (Å²) in [5.41, 5.74) is 3.08. The third kappa shape index (κ3) is 2.23. The Labute approximate surface area is 109 Å². The molecule has 1 spiro atoms. The van der Waals surface area contributed by atoms with Gasteiger partial charge in [-0.15, -0.1) is 0 Å². The van der Waals surface area contributed by atoms with Crippen molar-refractivity contribution in [2.45, 2.75) is 32.2 Å². The van der Waals surface area contributed by atoms with Crippen molar-refractivity contribution in [1.82, 2.24) is 4.90 Å². The minimum absolute atomic E-state index is 0.157. The standard InChI is InChI=1S/C16H21NO/c18-13-17-11-15-7-3-2-6-14(15)10-16(12-17)8-4-1-5-9-16/h2-4,6-8,18H,1,5,9-13H2. The zero-order valence-corrected chi connectivity index (χ0v) is 10.8. The van der Waals surface area contributed by atoms with Crippen molar-refractivity contribution >= 4 is 0 Å². The normalized spacial score (nSPS) is 28.1. The van der Waals surface area contributed by atoms with E-state index in [1.54, 1.807) is 0 Å². The van der Waals surface area contributed by atoms with Gasteiger partial charge < -0.3 is 5.11 Å². The highest BCUT2D eigenvalue weighted by molar-refractivity contribution is 5.31. The highest BCUT2D eigenvalue weighted by Gasteiger charge is 2.34. The Bertz CT molecular complexity index is 454. The van der Waals surface area contributed by atoms with Gasteiger partial charge in [0, 0.05) is 18.5 Å². The van der Waals surface area contributed by atoms with Crippen molar-refractivity contribution in [2.24, 2.45) is 5.41 Å². The third-order valence-corrected chi connectivity index (χ3v) is 4.31. The maximum atomic E-state index is 9.56. The Morgan fingerprint density at radius 3 is 2.78 bits per heavy atom. The average Bonchev–Trinajstić information content (AvgIpc) is 2.55. The van der Waals surface area contributed by atoms with E-state index in [1.165, 1.54) is 30.4 Å². The molecule has 3 rings (SSSR count). The van der Waals surface area contributed by atoms with Gasteiger partial charge in [0.2, 0.25) is 0 Å². The molecule has 0 aromatic heterocycles. The van der Waals surface area contributed by atoms with E-state index < -0.39 is 0 Å². The van der Waals surface area contributed by atoms with Gasteiger partial charge in [0.05, 0.1) is 6.73 Å². The van der Waals surface area contributed by atoms with E-state index in [-0.39, 0.29) is 12.1 Å². The quantitative estimate of drug-likeness (QED) is 0.767. The minimum atomic E-state index is 0.157. The van der Waals surface area contributed by atoms with Gasteiger partial charge in [-0.1, -0.05) is 36.4 Å². The van der Waals surface area contributed by atoms with Crippen LogP contribution in [-0.4, -0.2) is 23.3 Å². The smallest absolute Gasteiger partial charge is 0.0959 e. The number of hydrogen-bond donors (Lipinski definition) is 1. The third-order valence-electron chi connectivity index (χ3n) is 4.31. The minimum Gasteiger partial charge on any atom is -0.381 e. The Morgan fingerprint density at radius 1 is 1.22 bits per heavy atom. The highest BCUT2D eigenvalue weighted by atomic mass is 16.3. The molecule has 2 nitrogen and oxygen atoms in total. The topological polar surface area (TPSA) is 23.5 Å². The second-order valence-electron chi connectivity index (χ2n) is 5.73. The first-order valence-electron chi connectivity index (χ1n) is 6.89. The lowest BCUT2D eigenvalue weighted by atomic mass is 9.74. The van der Waals surface area contributed by atoms with Crippen molar-refractivity contribution in [3.05, 3.63) is 47.5 Å². The molecule has 2 heteroatoms. The molecule has 1 unspecified atom stereocenters. The first-order chi connectivity index (χ1) is 8.81. The Balaban J connectivity index is 1.99. The average molecular weight is 243 g/mol. The molecule has 1 atom stereocenters. The van der Waals surface area contributed by atoms with E-state index >= 15 is 0 Å². The number of rotatable bonds is 1. The molecule has 0 amide bonds. The summed E-state index contributed by atoms with van der Waals surface area (Å²) in [4.78, 5) is 2.17. The summed E-state index contributed by atoms with van der Waals surface area (Å²) in [5, 5.41) is 9.56. The molecular weight excluding hydrogens is 222 g/mol. The first kappa shape index (κ1) is 11.9. The lowest BCUT2D eigenvalue weighted by molar-refractivity contribution is 0.0687. The lowest BCUT2D eigenvalue weighted by Gasteiger charge is -2.35. The molecule has 1 heterocycles. The van der Waals surface area contributed by atoms with Crippen LogP contribution in [0.2, 0.25) is 0 Å². The molecule has 2 aliphatic rings. The summed E-state index contributed by atoms with van der Waals surface area (Å²) in [6.45, 7) is 2.01. The molecule has 0 saturated heterocycles. The molecule has 0 bridgehead atoms. The summed E-state index contributed by atoms with van der Waals surface area (Å²) in [6, 6.07) is 8.68. The lowest BCUT2D eigenvalue weighted by Crippen LogP contribution is -2.37. The van der Waals surface area contributed by atoms with Crippen LogP contribution < -0.4 is 0 Å². The molecule has 1 aliphatic heterocycles. The molecule has 0 saturated carbocycles. The molecule has 1 aromatic rings. The maximum absolute atomic E-state index is 9.56. The molecule has 18 heavy (non-hydrogen) atoms. The largest absolute Gasteiger partial charge is 0.381 e. The van der Waals surface area contributed by atoms with Gasteiger partial charge in [-0.2, -0.15) is 0 Å². The molecular formula is C16H21NO. The van der Waals surface area contributed by atoms with Crippen LogP contribution in [0.3, 0.4) is 0 Å². The number of nitrogens with zero attached hydrogens (tertiary/aromatic N) is 1. The summed E-state index contributed by atoms with van der Waals surface area (Å²) >= 11 is 0. The van der Waals surface area contributed by atoms with Gasteiger partial charge in [-0.3, -0.25) is 4.90 Å². The number of aliphatic hydroxyl groups excluding tert-OH is 1. The zero-order chi connectivity index (χ0) is 12.4. The van der Waals surface area contributed by atoms with Crippen molar-refractivity contribution < 1.29 is 5.11 Å². The summed E-state index contributed by atoms with van der Waals surface area (Å²) in [6.07, 6.45) is 9.58.